The van der Waals surface area contributed by atoms with Crippen LogP contribution in [0.4, 0.5) is 5.69 Å². The molecule has 0 aromatic heterocycles. The number of likely N-dealkylation sites (tertiary alicyclic amines) is 1. The summed E-state index contributed by atoms with van der Waals surface area (Å²) in [7, 11) is 0. The van der Waals surface area contributed by atoms with Crippen molar-refractivity contribution in [1.29, 1.82) is 0 Å². The van der Waals surface area contributed by atoms with Gasteiger partial charge in [0, 0.05) is 36.6 Å². The van der Waals surface area contributed by atoms with Gasteiger partial charge in [0.15, 0.2) is 0 Å². The van der Waals surface area contributed by atoms with E-state index in [1.54, 1.807) is 48.5 Å². The lowest BCUT2D eigenvalue weighted by molar-refractivity contribution is -0.116. The van der Waals surface area contributed by atoms with Crippen molar-refractivity contribution in [3.8, 4) is 0 Å². The second-order valence-electron chi connectivity index (χ2n) is 7.31. The third-order valence-electron chi connectivity index (χ3n) is 5.05. The second-order valence-corrected chi connectivity index (χ2v) is 7.75. The molecule has 7 heteroatoms. The molecule has 2 aromatic carbocycles. The number of carbonyl (C=O) groups is 3. The highest BCUT2D eigenvalue weighted by molar-refractivity contribution is 6.30. The predicted molar refractivity (Wildman–Crippen MR) is 118 cm³/mol. The van der Waals surface area contributed by atoms with Gasteiger partial charge in [-0.05, 0) is 62.1 Å². The van der Waals surface area contributed by atoms with Crippen molar-refractivity contribution in [2.45, 2.75) is 32.1 Å². The average molecular weight is 428 g/mol. The number of halogens is 1. The lowest BCUT2D eigenvalue weighted by atomic mass is 10.1. The van der Waals surface area contributed by atoms with Gasteiger partial charge in [0.2, 0.25) is 5.91 Å². The first-order valence-electron chi connectivity index (χ1n) is 10.3. The third-order valence-corrected chi connectivity index (χ3v) is 5.30. The van der Waals surface area contributed by atoms with Crippen LogP contribution in [0.25, 0.3) is 0 Å². The molecule has 1 heterocycles. The van der Waals surface area contributed by atoms with Crippen molar-refractivity contribution in [1.82, 2.24) is 10.2 Å². The molecule has 3 amide bonds. The predicted octanol–water partition coefficient (Wildman–Crippen LogP) is 4.11. The van der Waals surface area contributed by atoms with Crippen molar-refractivity contribution in [3.05, 3.63) is 64.7 Å². The first kappa shape index (κ1) is 21.8. The maximum absolute atomic E-state index is 12.8. The zero-order chi connectivity index (χ0) is 21.3. The summed E-state index contributed by atoms with van der Waals surface area (Å²) in [5, 5.41) is 6.20. The molecule has 30 heavy (non-hydrogen) atoms. The maximum atomic E-state index is 12.8. The molecule has 0 unspecified atom stereocenters. The molecule has 3 rings (SSSR count). The van der Waals surface area contributed by atoms with Gasteiger partial charge in [-0.2, -0.15) is 0 Å². The molecule has 2 N–H and O–H groups in total. The van der Waals surface area contributed by atoms with Gasteiger partial charge in [-0.1, -0.05) is 23.7 Å². The summed E-state index contributed by atoms with van der Waals surface area (Å²) in [6.45, 7) is 1.89. The summed E-state index contributed by atoms with van der Waals surface area (Å²) in [6, 6.07) is 13.7. The number of anilines is 1. The van der Waals surface area contributed by atoms with E-state index in [9.17, 15) is 14.4 Å². The molecule has 1 fully saturated rings. The first-order chi connectivity index (χ1) is 14.5. The van der Waals surface area contributed by atoms with Gasteiger partial charge in [-0.25, -0.2) is 0 Å². The SMILES string of the molecule is O=C(CCCNC(=O)c1ccc(Cl)cc1)Nc1ccccc1C(=O)N1CCCCC1. The van der Waals surface area contributed by atoms with E-state index in [4.69, 9.17) is 11.6 Å². The van der Waals surface area contributed by atoms with E-state index < -0.39 is 0 Å². The van der Waals surface area contributed by atoms with Crippen LogP contribution in [0.3, 0.4) is 0 Å². The van der Waals surface area contributed by atoms with E-state index in [0.717, 1.165) is 32.4 Å². The molecule has 1 saturated heterocycles. The Morgan fingerprint density at radius 3 is 2.37 bits per heavy atom. The van der Waals surface area contributed by atoms with Crippen LogP contribution >= 0.6 is 11.6 Å². The van der Waals surface area contributed by atoms with E-state index in [1.807, 2.05) is 4.90 Å². The van der Waals surface area contributed by atoms with Gasteiger partial charge < -0.3 is 15.5 Å². The van der Waals surface area contributed by atoms with E-state index in [1.165, 1.54) is 0 Å². The minimum atomic E-state index is -0.204. The molecule has 1 aliphatic rings. The maximum Gasteiger partial charge on any atom is 0.255 e. The van der Waals surface area contributed by atoms with E-state index in [-0.39, 0.29) is 24.1 Å². The van der Waals surface area contributed by atoms with Crippen LogP contribution in [0.15, 0.2) is 48.5 Å². The fourth-order valence-electron chi connectivity index (χ4n) is 3.41. The zero-order valence-electron chi connectivity index (χ0n) is 16.8. The molecular weight excluding hydrogens is 402 g/mol. The fourth-order valence-corrected chi connectivity index (χ4v) is 3.54. The Kier molecular flexibility index (Phi) is 7.85. The van der Waals surface area contributed by atoms with Gasteiger partial charge in [-0.15, -0.1) is 0 Å². The highest BCUT2D eigenvalue weighted by Crippen LogP contribution is 2.20. The Bertz CT molecular complexity index is 893. The zero-order valence-corrected chi connectivity index (χ0v) is 17.6. The number of nitrogens with one attached hydrogen (secondary N) is 2. The summed E-state index contributed by atoms with van der Waals surface area (Å²) in [6.07, 6.45) is 3.92. The Balaban J connectivity index is 1.47. The van der Waals surface area contributed by atoms with Crippen LogP contribution in [0, 0.1) is 0 Å². The summed E-state index contributed by atoms with van der Waals surface area (Å²) < 4.78 is 0. The number of nitrogens with zero attached hydrogens (tertiary/aromatic N) is 1. The van der Waals surface area contributed by atoms with Gasteiger partial charge in [0.05, 0.1) is 11.3 Å². The Morgan fingerprint density at radius 1 is 0.933 bits per heavy atom. The van der Waals surface area contributed by atoms with Crippen molar-refractivity contribution in [2.24, 2.45) is 0 Å². The highest BCUT2D eigenvalue weighted by Gasteiger charge is 2.21. The number of carbonyl (C=O) groups excluding carboxylic acids is 3. The number of hydrogen-bond donors (Lipinski definition) is 2. The van der Waals surface area contributed by atoms with E-state index >= 15 is 0 Å². The molecule has 0 atom stereocenters. The number of benzene rings is 2. The topological polar surface area (TPSA) is 78.5 Å². The van der Waals surface area contributed by atoms with Crippen molar-refractivity contribution < 1.29 is 14.4 Å². The van der Waals surface area contributed by atoms with Crippen LogP contribution in [0.5, 0.6) is 0 Å². The van der Waals surface area contributed by atoms with Crippen LogP contribution in [-0.2, 0) is 4.79 Å². The lowest BCUT2D eigenvalue weighted by Crippen LogP contribution is -2.36. The number of piperidine rings is 1. The van der Waals surface area contributed by atoms with Gasteiger partial charge >= 0.3 is 0 Å². The largest absolute Gasteiger partial charge is 0.352 e. The molecule has 0 bridgehead atoms. The molecule has 0 radical (unpaired) electrons. The lowest BCUT2D eigenvalue weighted by Gasteiger charge is -2.27. The number of hydrogen-bond acceptors (Lipinski definition) is 3. The van der Waals surface area contributed by atoms with Crippen molar-refractivity contribution in [2.75, 3.05) is 25.0 Å². The standard InChI is InChI=1S/C23H26ClN3O3/c24-18-12-10-17(11-13-18)22(29)25-14-6-9-21(28)26-20-8-3-2-7-19(20)23(30)27-15-4-1-5-16-27/h2-3,7-8,10-13H,1,4-6,9,14-16H2,(H,25,29)(H,26,28). The quantitative estimate of drug-likeness (QED) is 0.652. The van der Waals surface area contributed by atoms with E-state index in [2.05, 4.69) is 10.6 Å². The fraction of sp³-hybridized carbons (Fsp3) is 0.348. The molecule has 1 aliphatic heterocycles. The van der Waals surface area contributed by atoms with Gasteiger partial charge in [0.1, 0.15) is 0 Å². The number of amides is 3. The Hall–Kier alpha value is -2.86. The molecule has 0 saturated carbocycles. The molecule has 0 spiro atoms. The van der Waals surface area contributed by atoms with Gasteiger partial charge in [-0.3, -0.25) is 14.4 Å². The monoisotopic (exact) mass is 427 g/mol. The van der Waals surface area contributed by atoms with Crippen LogP contribution in [-0.4, -0.2) is 42.3 Å². The minimum Gasteiger partial charge on any atom is -0.352 e. The summed E-state index contributed by atoms with van der Waals surface area (Å²) in [4.78, 5) is 39.1. The molecule has 2 aromatic rings. The van der Waals surface area contributed by atoms with Crippen LogP contribution < -0.4 is 10.6 Å². The van der Waals surface area contributed by atoms with Crippen LogP contribution in [0.2, 0.25) is 5.02 Å². The van der Waals surface area contributed by atoms with Crippen molar-refractivity contribution in [3.63, 3.8) is 0 Å². The third kappa shape index (κ3) is 6.07. The number of rotatable bonds is 7. The molecule has 158 valence electrons. The molecule has 0 aliphatic carbocycles. The highest BCUT2D eigenvalue weighted by atomic mass is 35.5. The van der Waals surface area contributed by atoms with Gasteiger partial charge in [0.25, 0.3) is 11.8 Å². The van der Waals surface area contributed by atoms with Crippen molar-refractivity contribution >= 4 is 35.0 Å². The van der Waals surface area contributed by atoms with Crippen LogP contribution in [0.1, 0.15) is 52.8 Å². The summed E-state index contributed by atoms with van der Waals surface area (Å²) in [5.74, 6) is -0.431. The van der Waals surface area contributed by atoms with E-state index in [0.29, 0.717) is 34.8 Å². The first-order valence-corrected chi connectivity index (χ1v) is 10.6. The number of para-hydroxylation sites is 1. The Morgan fingerprint density at radius 2 is 1.63 bits per heavy atom. The average Bonchev–Trinajstić information content (AvgIpc) is 2.77. The summed E-state index contributed by atoms with van der Waals surface area (Å²) in [5.41, 5.74) is 1.57. The smallest absolute Gasteiger partial charge is 0.255 e. The Labute approximate surface area is 181 Å². The second kappa shape index (κ2) is 10.8. The molecular formula is C23H26ClN3O3. The normalized spacial score (nSPS) is 13.6. The minimum absolute atomic E-state index is 0.0409. The summed E-state index contributed by atoms with van der Waals surface area (Å²) >= 11 is 5.82. The molecule has 6 nitrogen and oxygen atoms in total.